The summed E-state index contributed by atoms with van der Waals surface area (Å²) in [5, 5.41) is 8.76. The zero-order chi connectivity index (χ0) is 26.8. The zero-order valence-corrected chi connectivity index (χ0v) is 19.8. The van der Waals surface area contributed by atoms with E-state index in [1.165, 1.54) is 47.1 Å². The fourth-order valence-electron chi connectivity index (χ4n) is 3.84. The van der Waals surface area contributed by atoms with Crippen molar-refractivity contribution in [3.05, 3.63) is 101 Å². The first-order valence-corrected chi connectivity index (χ1v) is 11.2. The molecule has 0 aliphatic rings. The number of aromatic nitrogens is 5. The summed E-state index contributed by atoms with van der Waals surface area (Å²) in [6, 6.07) is 15.0. The van der Waals surface area contributed by atoms with Crippen molar-refractivity contribution in [3.63, 3.8) is 0 Å². The van der Waals surface area contributed by atoms with Gasteiger partial charge in [0.2, 0.25) is 0 Å². The van der Waals surface area contributed by atoms with Gasteiger partial charge in [-0.2, -0.15) is 10.2 Å². The van der Waals surface area contributed by atoms with Crippen LogP contribution >= 0.6 is 0 Å². The number of halogens is 4. The number of alkyl halides is 2. The molecule has 5 aromatic rings. The van der Waals surface area contributed by atoms with E-state index in [1.807, 2.05) is 18.2 Å². The number of rotatable bonds is 8. The van der Waals surface area contributed by atoms with Crippen LogP contribution in [0.15, 0.2) is 84.2 Å². The molecule has 0 aliphatic carbocycles. The van der Waals surface area contributed by atoms with Crippen LogP contribution in [0.5, 0.6) is 11.5 Å². The first kappa shape index (κ1) is 24.8. The van der Waals surface area contributed by atoms with Crippen molar-refractivity contribution in [2.75, 3.05) is 13.7 Å². The standard InChI is InChI=1S/C26H19F4N5O3/c1-37-23-14-34(32-25(26(23)36)21-9-10-31-35(21)16-5-3-2-4-6-16)20-8-7-17(11-22(20)38-15-24(29)30)33-12-18(27)19(28)13-33/h2-14,24H,15H2,1H3. The molecule has 0 bridgehead atoms. The molecule has 0 spiro atoms. The van der Waals surface area contributed by atoms with Gasteiger partial charge in [-0.05, 0) is 30.3 Å². The maximum absolute atomic E-state index is 13.6. The van der Waals surface area contributed by atoms with Gasteiger partial charge in [0.05, 0.1) is 30.9 Å². The lowest BCUT2D eigenvalue weighted by molar-refractivity contribution is 0.0818. The van der Waals surface area contributed by atoms with E-state index >= 15 is 0 Å². The number of para-hydroxylation sites is 1. The fourth-order valence-corrected chi connectivity index (χ4v) is 3.84. The molecule has 0 unspecified atom stereocenters. The van der Waals surface area contributed by atoms with E-state index in [-0.39, 0.29) is 28.6 Å². The summed E-state index contributed by atoms with van der Waals surface area (Å²) in [6.45, 7) is -0.949. The van der Waals surface area contributed by atoms with Gasteiger partial charge >= 0.3 is 0 Å². The van der Waals surface area contributed by atoms with Gasteiger partial charge in [-0.25, -0.2) is 26.9 Å². The fraction of sp³-hybridized carbons (Fsp3) is 0.115. The van der Waals surface area contributed by atoms with Crippen LogP contribution in [-0.2, 0) is 0 Å². The number of hydrogen-bond acceptors (Lipinski definition) is 5. The van der Waals surface area contributed by atoms with Crippen LogP contribution in [0.25, 0.3) is 28.5 Å². The van der Waals surface area contributed by atoms with E-state index in [9.17, 15) is 22.4 Å². The largest absolute Gasteiger partial charge is 0.491 e. The maximum atomic E-state index is 13.6. The lowest BCUT2D eigenvalue weighted by Gasteiger charge is -2.16. The Hall–Kier alpha value is -4.87. The molecule has 5 rings (SSSR count). The topological polar surface area (TPSA) is 76.1 Å². The van der Waals surface area contributed by atoms with E-state index in [2.05, 4.69) is 10.2 Å². The molecule has 8 nitrogen and oxygen atoms in total. The Labute approximate surface area is 212 Å². The lowest BCUT2D eigenvalue weighted by Crippen LogP contribution is -2.18. The summed E-state index contributed by atoms with van der Waals surface area (Å²) >= 11 is 0. The second-order valence-corrected chi connectivity index (χ2v) is 8.00. The van der Waals surface area contributed by atoms with Crippen molar-refractivity contribution >= 4 is 0 Å². The first-order valence-electron chi connectivity index (χ1n) is 11.2. The van der Waals surface area contributed by atoms with Crippen LogP contribution in [0.2, 0.25) is 0 Å². The van der Waals surface area contributed by atoms with Gasteiger partial charge < -0.3 is 14.0 Å². The molecule has 12 heteroatoms. The lowest BCUT2D eigenvalue weighted by atomic mass is 10.2. The summed E-state index contributed by atoms with van der Waals surface area (Å²) < 4.78 is 67.8. The Bertz CT molecular complexity index is 1630. The van der Waals surface area contributed by atoms with Gasteiger partial charge in [-0.3, -0.25) is 4.79 Å². The van der Waals surface area contributed by atoms with E-state index < -0.39 is 30.1 Å². The molecule has 0 aliphatic heterocycles. The molecule has 194 valence electrons. The smallest absolute Gasteiger partial charge is 0.272 e. The molecule has 0 N–H and O–H groups in total. The highest BCUT2D eigenvalue weighted by Gasteiger charge is 2.20. The second kappa shape index (κ2) is 10.2. The predicted octanol–water partition coefficient (Wildman–Crippen LogP) is 4.81. The summed E-state index contributed by atoms with van der Waals surface area (Å²) in [7, 11) is 1.31. The second-order valence-electron chi connectivity index (χ2n) is 8.00. The van der Waals surface area contributed by atoms with Gasteiger partial charge in [0.25, 0.3) is 11.9 Å². The molecular formula is C26H19F4N5O3. The van der Waals surface area contributed by atoms with Crippen molar-refractivity contribution in [1.29, 1.82) is 0 Å². The van der Waals surface area contributed by atoms with Gasteiger partial charge in [0.1, 0.15) is 18.0 Å². The normalized spacial score (nSPS) is 11.2. The highest BCUT2D eigenvalue weighted by molar-refractivity contribution is 5.60. The van der Waals surface area contributed by atoms with Crippen LogP contribution in [0, 0.1) is 11.6 Å². The molecule has 3 heterocycles. The summed E-state index contributed by atoms with van der Waals surface area (Å²) in [5.74, 6) is -2.29. The van der Waals surface area contributed by atoms with Gasteiger partial charge in [0.15, 0.2) is 23.1 Å². The molecule has 0 fully saturated rings. The molecule has 0 atom stereocenters. The highest BCUT2D eigenvalue weighted by Crippen LogP contribution is 2.29. The third-order valence-corrected chi connectivity index (χ3v) is 5.58. The number of nitrogens with zero attached hydrogens (tertiary/aromatic N) is 5. The molecule has 0 radical (unpaired) electrons. The van der Waals surface area contributed by atoms with Crippen LogP contribution in [0.3, 0.4) is 0 Å². The molecule has 3 aromatic heterocycles. The number of methoxy groups -OCH3 is 1. The summed E-state index contributed by atoms with van der Waals surface area (Å²) in [6.07, 6.45) is 1.82. The van der Waals surface area contributed by atoms with Crippen molar-refractivity contribution in [1.82, 2.24) is 24.1 Å². The number of benzene rings is 2. The third-order valence-electron chi connectivity index (χ3n) is 5.58. The first-order chi connectivity index (χ1) is 18.4. The van der Waals surface area contributed by atoms with Crippen molar-refractivity contribution < 1.29 is 27.0 Å². The number of hydrogen-bond donors (Lipinski definition) is 0. The summed E-state index contributed by atoms with van der Waals surface area (Å²) in [4.78, 5) is 13.2. The number of ether oxygens (including phenoxy) is 2. The SMILES string of the molecule is COc1cn(-c2ccc(-n3cc(F)c(F)c3)cc2OCC(F)F)nc(-c2ccnn2-c2ccccc2)c1=O. The Morgan fingerprint density at radius 2 is 1.66 bits per heavy atom. The highest BCUT2D eigenvalue weighted by atomic mass is 19.3. The van der Waals surface area contributed by atoms with Crippen LogP contribution in [0.1, 0.15) is 0 Å². The predicted molar refractivity (Wildman–Crippen MR) is 130 cm³/mol. The zero-order valence-electron chi connectivity index (χ0n) is 19.8. The van der Waals surface area contributed by atoms with Crippen molar-refractivity contribution in [3.8, 4) is 39.9 Å². The Kier molecular flexibility index (Phi) is 6.69. The Balaban J connectivity index is 1.66. The van der Waals surface area contributed by atoms with Crippen molar-refractivity contribution in [2.45, 2.75) is 6.43 Å². The monoisotopic (exact) mass is 525 g/mol. The Morgan fingerprint density at radius 1 is 0.921 bits per heavy atom. The van der Waals surface area contributed by atoms with Crippen LogP contribution in [0.4, 0.5) is 17.6 Å². The molecule has 0 saturated carbocycles. The van der Waals surface area contributed by atoms with Crippen LogP contribution < -0.4 is 14.9 Å². The van der Waals surface area contributed by atoms with Crippen LogP contribution in [-0.4, -0.2) is 44.3 Å². The maximum Gasteiger partial charge on any atom is 0.272 e. The van der Waals surface area contributed by atoms with E-state index in [1.54, 1.807) is 18.2 Å². The van der Waals surface area contributed by atoms with E-state index in [0.29, 0.717) is 11.4 Å². The minimum Gasteiger partial charge on any atom is -0.491 e. The molecular weight excluding hydrogens is 506 g/mol. The van der Waals surface area contributed by atoms with E-state index in [4.69, 9.17) is 9.47 Å². The van der Waals surface area contributed by atoms with Gasteiger partial charge in [0, 0.05) is 24.1 Å². The molecule has 0 saturated heterocycles. The Morgan fingerprint density at radius 3 is 2.34 bits per heavy atom. The van der Waals surface area contributed by atoms with E-state index in [0.717, 1.165) is 17.0 Å². The average molecular weight is 525 g/mol. The van der Waals surface area contributed by atoms with Crippen molar-refractivity contribution in [2.24, 2.45) is 0 Å². The van der Waals surface area contributed by atoms with Gasteiger partial charge in [-0.1, -0.05) is 18.2 Å². The minimum atomic E-state index is -2.79. The molecule has 2 aromatic carbocycles. The third kappa shape index (κ3) is 4.75. The minimum absolute atomic E-state index is 0.0239. The van der Waals surface area contributed by atoms with Gasteiger partial charge in [-0.15, -0.1) is 0 Å². The molecule has 38 heavy (non-hydrogen) atoms. The quantitative estimate of drug-likeness (QED) is 0.272. The summed E-state index contributed by atoms with van der Waals surface area (Å²) in [5.41, 5.74) is 0.915. The average Bonchev–Trinajstić information content (AvgIpc) is 3.54. The molecule has 0 amide bonds.